The number of methoxy groups -OCH3 is 1. The highest BCUT2D eigenvalue weighted by Gasteiger charge is 2.11. The largest absolute Gasteiger partial charge is 0.465 e. The van der Waals surface area contributed by atoms with Crippen LogP contribution in [0.25, 0.3) is 0 Å². The monoisotopic (exact) mass is 237 g/mol. The number of anilines is 1. The molecule has 92 valence electrons. The number of primary amides is 1. The summed E-state index contributed by atoms with van der Waals surface area (Å²) in [5, 5.41) is 2.96. The first-order valence-corrected chi connectivity index (χ1v) is 5.20. The molecule has 3 N–H and O–H groups in total. The molecule has 0 aliphatic rings. The van der Waals surface area contributed by atoms with Crippen molar-refractivity contribution in [2.24, 2.45) is 5.73 Å². The lowest BCUT2D eigenvalue weighted by Gasteiger charge is -2.08. The summed E-state index contributed by atoms with van der Waals surface area (Å²) in [6.45, 7) is 0.518. The van der Waals surface area contributed by atoms with Gasteiger partial charge in [0, 0.05) is 19.2 Å². The number of carbonyl (C=O) groups is 2. The molecule has 0 radical (unpaired) electrons. The number of aromatic nitrogens is 1. The number of nitrogens with one attached hydrogen (secondary N) is 1. The molecule has 1 rings (SSSR count). The Labute approximate surface area is 99.2 Å². The van der Waals surface area contributed by atoms with Gasteiger partial charge >= 0.3 is 5.97 Å². The number of esters is 1. The molecule has 6 heteroatoms. The number of ether oxygens (including phenoxy) is 1. The van der Waals surface area contributed by atoms with E-state index in [0.717, 1.165) is 0 Å². The lowest BCUT2D eigenvalue weighted by molar-refractivity contribution is -0.118. The highest BCUT2D eigenvalue weighted by Crippen LogP contribution is 2.12. The zero-order valence-electron chi connectivity index (χ0n) is 9.60. The van der Waals surface area contributed by atoms with E-state index < -0.39 is 5.97 Å². The first-order chi connectivity index (χ1) is 8.15. The van der Waals surface area contributed by atoms with Gasteiger partial charge in [-0.2, -0.15) is 0 Å². The van der Waals surface area contributed by atoms with Crippen LogP contribution >= 0.6 is 0 Å². The molecule has 0 unspecified atom stereocenters. The Bertz CT molecular complexity index is 407. The highest BCUT2D eigenvalue weighted by atomic mass is 16.5. The Morgan fingerprint density at radius 1 is 1.53 bits per heavy atom. The number of carbonyl (C=O) groups excluding carboxylic acids is 2. The fourth-order valence-electron chi connectivity index (χ4n) is 1.29. The number of hydrogen-bond donors (Lipinski definition) is 2. The van der Waals surface area contributed by atoms with Crippen LogP contribution in [0.5, 0.6) is 0 Å². The molecule has 0 saturated heterocycles. The zero-order valence-corrected chi connectivity index (χ0v) is 9.60. The van der Waals surface area contributed by atoms with Gasteiger partial charge in [-0.3, -0.25) is 4.79 Å². The number of nitrogens with zero attached hydrogens (tertiary/aromatic N) is 1. The van der Waals surface area contributed by atoms with Crippen LogP contribution in [-0.2, 0) is 9.53 Å². The molecule has 1 aromatic heterocycles. The summed E-state index contributed by atoms with van der Waals surface area (Å²) < 4.78 is 4.63. The number of pyridine rings is 1. The van der Waals surface area contributed by atoms with Crippen LogP contribution in [0.3, 0.4) is 0 Å². The van der Waals surface area contributed by atoms with E-state index in [1.807, 2.05) is 0 Å². The SMILES string of the molecule is COC(=O)c1cccnc1NCCCC(N)=O. The molecular formula is C11H15N3O3. The standard InChI is InChI=1S/C11H15N3O3/c1-17-11(16)8-4-2-6-13-10(8)14-7-3-5-9(12)15/h2,4,6H,3,5,7H2,1H3,(H2,12,15)(H,13,14). The minimum atomic E-state index is -0.449. The summed E-state index contributed by atoms with van der Waals surface area (Å²) in [5.41, 5.74) is 5.38. The first kappa shape index (κ1) is 13.0. The van der Waals surface area contributed by atoms with E-state index in [-0.39, 0.29) is 5.91 Å². The smallest absolute Gasteiger partial charge is 0.341 e. The predicted octanol–water partition coefficient (Wildman–Crippen LogP) is 0.546. The third-order valence-corrected chi connectivity index (χ3v) is 2.11. The van der Waals surface area contributed by atoms with Gasteiger partial charge in [-0.25, -0.2) is 9.78 Å². The molecule has 0 aromatic carbocycles. The van der Waals surface area contributed by atoms with Crippen molar-refractivity contribution in [1.82, 2.24) is 4.98 Å². The third-order valence-electron chi connectivity index (χ3n) is 2.11. The van der Waals surface area contributed by atoms with Crippen molar-refractivity contribution in [1.29, 1.82) is 0 Å². The van der Waals surface area contributed by atoms with E-state index in [4.69, 9.17) is 5.73 Å². The Kier molecular flexibility index (Phi) is 4.93. The maximum atomic E-state index is 11.4. The normalized spacial score (nSPS) is 9.71. The van der Waals surface area contributed by atoms with Crippen LogP contribution < -0.4 is 11.1 Å². The quantitative estimate of drug-likeness (QED) is 0.556. The molecule has 0 saturated carbocycles. The fraction of sp³-hybridized carbons (Fsp3) is 0.364. The summed E-state index contributed by atoms with van der Waals surface area (Å²) in [4.78, 5) is 26.0. The summed E-state index contributed by atoms with van der Waals surface area (Å²) in [5.74, 6) is -0.347. The topological polar surface area (TPSA) is 94.3 Å². The van der Waals surface area contributed by atoms with Crippen molar-refractivity contribution in [3.8, 4) is 0 Å². The predicted molar refractivity (Wildman–Crippen MR) is 62.5 cm³/mol. The van der Waals surface area contributed by atoms with Crippen LogP contribution in [0, 0.1) is 0 Å². The van der Waals surface area contributed by atoms with Gasteiger partial charge in [-0.1, -0.05) is 0 Å². The van der Waals surface area contributed by atoms with E-state index in [0.29, 0.717) is 30.8 Å². The summed E-state index contributed by atoms with van der Waals surface area (Å²) >= 11 is 0. The molecule has 1 amide bonds. The number of hydrogen-bond acceptors (Lipinski definition) is 5. The molecular weight excluding hydrogens is 222 g/mol. The van der Waals surface area contributed by atoms with Crippen molar-refractivity contribution in [2.45, 2.75) is 12.8 Å². The van der Waals surface area contributed by atoms with Crippen LogP contribution in [0.1, 0.15) is 23.2 Å². The lowest BCUT2D eigenvalue weighted by Crippen LogP contribution is -2.14. The van der Waals surface area contributed by atoms with E-state index >= 15 is 0 Å². The van der Waals surface area contributed by atoms with Crippen molar-refractivity contribution in [3.63, 3.8) is 0 Å². The van der Waals surface area contributed by atoms with Crippen molar-refractivity contribution >= 4 is 17.7 Å². The Balaban J connectivity index is 2.58. The zero-order chi connectivity index (χ0) is 12.7. The second-order valence-electron chi connectivity index (χ2n) is 3.39. The Morgan fingerprint density at radius 3 is 2.94 bits per heavy atom. The molecule has 0 bridgehead atoms. The van der Waals surface area contributed by atoms with E-state index in [2.05, 4.69) is 15.0 Å². The van der Waals surface area contributed by atoms with Gasteiger partial charge in [0.2, 0.25) is 5.91 Å². The van der Waals surface area contributed by atoms with E-state index in [9.17, 15) is 9.59 Å². The van der Waals surface area contributed by atoms with Gasteiger partial charge in [0.15, 0.2) is 0 Å². The second-order valence-corrected chi connectivity index (χ2v) is 3.39. The Hall–Kier alpha value is -2.11. The van der Waals surface area contributed by atoms with Crippen molar-refractivity contribution < 1.29 is 14.3 Å². The second kappa shape index (κ2) is 6.47. The molecule has 0 spiro atoms. The number of amides is 1. The molecule has 0 aliphatic heterocycles. The van der Waals surface area contributed by atoms with Crippen LogP contribution in [0.4, 0.5) is 5.82 Å². The molecule has 0 fully saturated rings. The minimum absolute atomic E-state index is 0.299. The van der Waals surface area contributed by atoms with Gasteiger partial charge in [0.05, 0.1) is 7.11 Å². The fourth-order valence-corrected chi connectivity index (χ4v) is 1.29. The van der Waals surface area contributed by atoms with Gasteiger partial charge in [-0.15, -0.1) is 0 Å². The van der Waals surface area contributed by atoms with E-state index in [1.54, 1.807) is 18.3 Å². The molecule has 1 aromatic rings. The number of nitrogens with two attached hydrogens (primary N) is 1. The number of rotatable bonds is 6. The van der Waals surface area contributed by atoms with E-state index in [1.165, 1.54) is 7.11 Å². The van der Waals surface area contributed by atoms with Gasteiger partial charge in [-0.05, 0) is 18.6 Å². The average molecular weight is 237 g/mol. The highest BCUT2D eigenvalue weighted by molar-refractivity contribution is 5.94. The van der Waals surface area contributed by atoms with Crippen molar-refractivity contribution in [3.05, 3.63) is 23.9 Å². The molecule has 1 heterocycles. The van der Waals surface area contributed by atoms with Crippen LogP contribution in [0.15, 0.2) is 18.3 Å². The lowest BCUT2D eigenvalue weighted by atomic mass is 10.2. The summed E-state index contributed by atoms with van der Waals surface area (Å²) in [6, 6.07) is 3.27. The summed E-state index contributed by atoms with van der Waals surface area (Å²) in [6.07, 6.45) is 2.46. The molecule has 6 nitrogen and oxygen atoms in total. The summed E-state index contributed by atoms with van der Waals surface area (Å²) in [7, 11) is 1.31. The third kappa shape index (κ3) is 4.10. The molecule has 0 atom stereocenters. The van der Waals surface area contributed by atoms with Crippen LogP contribution in [0.2, 0.25) is 0 Å². The maximum Gasteiger partial charge on any atom is 0.341 e. The maximum absolute atomic E-state index is 11.4. The molecule has 0 aliphatic carbocycles. The van der Waals surface area contributed by atoms with Gasteiger partial charge in [0.25, 0.3) is 0 Å². The van der Waals surface area contributed by atoms with Gasteiger partial charge < -0.3 is 15.8 Å². The Morgan fingerprint density at radius 2 is 2.29 bits per heavy atom. The average Bonchev–Trinajstić information content (AvgIpc) is 2.34. The van der Waals surface area contributed by atoms with Gasteiger partial charge in [0.1, 0.15) is 11.4 Å². The van der Waals surface area contributed by atoms with Crippen molar-refractivity contribution in [2.75, 3.05) is 19.0 Å². The minimum Gasteiger partial charge on any atom is -0.465 e. The first-order valence-electron chi connectivity index (χ1n) is 5.20. The van der Waals surface area contributed by atoms with Crippen LogP contribution in [-0.4, -0.2) is 30.5 Å². The molecule has 17 heavy (non-hydrogen) atoms.